The SMILES string of the molecule is COC(=O)c1ccc(OCC(=O)c2[nH]c(C)c(C(=O)OC)c2C)c([N+](=O)[O-])c1. The lowest BCUT2D eigenvalue weighted by Crippen LogP contribution is -2.14. The third kappa shape index (κ3) is 4.00. The molecule has 2 aromatic rings. The van der Waals surface area contributed by atoms with E-state index < -0.39 is 34.9 Å². The summed E-state index contributed by atoms with van der Waals surface area (Å²) in [7, 11) is 2.39. The van der Waals surface area contributed by atoms with E-state index in [4.69, 9.17) is 4.74 Å². The fraction of sp³-hybridized carbons (Fsp3) is 0.278. The molecule has 0 saturated heterocycles. The molecule has 0 unspecified atom stereocenters. The number of Topliss-reactive ketones (excluding diaryl/α,β-unsaturated/α-hetero) is 1. The number of hydrogen-bond acceptors (Lipinski definition) is 8. The summed E-state index contributed by atoms with van der Waals surface area (Å²) in [5.41, 5.74) is 0.748. The van der Waals surface area contributed by atoms with Crippen LogP contribution in [0, 0.1) is 24.0 Å². The second kappa shape index (κ2) is 8.33. The summed E-state index contributed by atoms with van der Waals surface area (Å²) in [4.78, 5) is 49.1. The minimum atomic E-state index is -0.737. The molecule has 28 heavy (non-hydrogen) atoms. The van der Waals surface area contributed by atoms with Gasteiger partial charge in [0.05, 0.1) is 36.0 Å². The van der Waals surface area contributed by atoms with Gasteiger partial charge in [0, 0.05) is 11.8 Å². The van der Waals surface area contributed by atoms with E-state index in [0.29, 0.717) is 11.3 Å². The maximum absolute atomic E-state index is 12.5. The molecule has 10 nitrogen and oxygen atoms in total. The van der Waals surface area contributed by atoms with Gasteiger partial charge in [0.2, 0.25) is 5.78 Å². The van der Waals surface area contributed by atoms with Gasteiger partial charge in [-0.3, -0.25) is 14.9 Å². The summed E-state index contributed by atoms with van der Waals surface area (Å²) in [6, 6.07) is 3.51. The minimum absolute atomic E-state index is 0.0218. The fourth-order valence-corrected chi connectivity index (χ4v) is 2.68. The number of ketones is 1. The molecule has 0 aliphatic carbocycles. The fourth-order valence-electron chi connectivity index (χ4n) is 2.68. The van der Waals surface area contributed by atoms with Gasteiger partial charge in [0.15, 0.2) is 12.4 Å². The predicted molar refractivity (Wildman–Crippen MR) is 95.9 cm³/mol. The van der Waals surface area contributed by atoms with Crippen LogP contribution in [-0.4, -0.2) is 48.5 Å². The van der Waals surface area contributed by atoms with E-state index in [-0.39, 0.29) is 22.6 Å². The normalized spacial score (nSPS) is 10.3. The van der Waals surface area contributed by atoms with Crippen molar-refractivity contribution >= 4 is 23.4 Å². The molecule has 2 rings (SSSR count). The highest BCUT2D eigenvalue weighted by Gasteiger charge is 2.24. The number of methoxy groups -OCH3 is 2. The Morgan fingerprint density at radius 3 is 2.32 bits per heavy atom. The second-order valence-corrected chi connectivity index (χ2v) is 5.76. The van der Waals surface area contributed by atoms with Crippen LogP contribution in [0.4, 0.5) is 5.69 Å². The lowest BCUT2D eigenvalue weighted by atomic mass is 10.1. The molecule has 1 aromatic carbocycles. The summed E-state index contributed by atoms with van der Waals surface area (Å²) >= 11 is 0. The maximum atomic E-state index is 12.5. The number of H-pyrrole nitrogens is 1. The number of benzene rings is 1. The van der Waals surface area contributed by atoms with Crippen molar-refractivity contribution in [1.29, 1.82) is 0 Å². The van der Waals surface area contributed by atoms with Crippen molar-refractivity contribution in [1.82, 2.24) is 4.98 Å². The van der Waals surface area contributed by atoms with Gasteiger partial charge in [0.25, 0.3) is 0 Å². The van der Waals surface area contributed by atoms with E-state index in [0.717, 1.165) is 13.2 Å². The molecule has 1 aromatic heterocycles. The van der Waals surface area contributed by atoms with E-state index in [9.17, 15) is 24.5 Å². The van der Waals surface area contributed by atoms with Crippen molar-refractivity contribution in [3.8, 4) is 5.75 Å². The average molecular weight is 390 g/mol. The number of nitrogens with zero attached hydrogens (tertiary/aromatic N) is 1. The molecular formula is C18H18N2O8. The van der Waals surface area contributed by atoms with Gasteiger partial charge in [-0.05, 0) is 31.5 Å². The van der Waals surface area contributed by atoms with Crippen molar-refractivity contribution in [2.75, 3.05) is 20.8 Å². The number of hydrogen-bond donors (Lipinski definition) is 1. The molecule has 0 aliphatic heterocycles. The molecule has 0 spiro atoms. The zero-order valence-corrected chi connectivity index (χ0v) is 15.7. The van der Waals surface area contributed by atoms with E-state index >= 15 is 0 Å². The molecule has 1 heterocycles. The number of ether oxygens (including phenoxy) is 3. The van der Waals surface area contributed by atoms with Crippen LogP contribution in [0.2, 0.25) is 0 Å². The molecule has 0 bridgehead atoms. The van der Waals surface area contributed by atoms with E-state index in [1.165, 1.54) is 19.2 Å². The number of carbonyl (C=O) groups excluding carboxylic acids is 3. The zero-order valence-electron chi connectivity index (χ0n) is 15.7. The van der Waals surface area contributed by atoms with Crippen LogP contribution >= 0.6 is 0 Å². The standard InChI is InChI=1S/C18H18N2O8/c1-9-15(18(23)27-4)10(2)19-16(9)13(21)8-28-14-6-5-11(17(22)26-3)7-12(14)20(24)25/h5-7,19H,8H2,1-4H3. The van der Waals surface area contributed by atoms with Gasteiger partial charge in [-0.25, -0.2) is 9.59 Å². The summed E-state index contributed by atoms with van der Waals surface area (Å²) in [5, 5.41) is 11.2. The van der Waals surface area contributed by atoms with Crippen LogP contribution < -0.4 is 4.74 Å². The lowest BCUT2D eigenvalue weighted by molar-refractivity contribution is -0.385. The van der Waals surface area contributed by atoms with Gasteiger partial charge in [-0.1, -0.05) is 0 Å². The highest BCUT2D eigenvalue weighted by molar-refractivity contribution is 6.02. The van der Waals surface area contributed by atoms with Crippen LogP contribution in [0.1, 0.15) is 42.5 Å². The average Bonchev–Trinajstić information content (AvgIpc) is 2.98. The Labute approximate surface area is 159 Å². The van der Waals surface area contributed by atoms with Crippen LogP contribution in [0.3, 0.4) is 0 Å². The van der Waals surface area contributed by atoms with Crippen molar-refractivity contribution in [3.05, 3.63) is 56.4 Å². The molecule has 10 heteroatoms. The number of aromatic nitrogens is 1. The quantitative estimate of drug-likeness (QED) is 0.329. The van der Waals surface area contributed by atoms with Gasteiger partial charge in [0.1, 0.15) is 0 Å². The first-order chi connectivity index (χ1) is 13.2. The zero-order chi connectivity index (χ0) is 21.0. The largest absolute Gasteiger partial charge is 0.478 e. The number of rotatable bonds is 7. The van der Waals surface area contributed by atoms with Crippen LogP contribution in [-0.2, 0) is 9.47 Å². The van der Waals surface area contributed by atoms with Gasteiger partial charge >= 0.3 is 17.6 Å². The molecule has 0 fully saturated rings. The summed E-state index contributed by atoms with van der Waals surface area (Å²) in [6.07, 6.45) is 0. The lowest BCUT2D eigenvalue weighted by Gasteiger charge is -2.07. The number of esters is 2. The molecule has 0 atom stereocenters. The number of aromatic amines is 1. The summed E-state index contributed by atoms with van der Waals surface area (Å²) in [6.45, 7) is 2.68. The van der Waals surface area contributed by atoms with E-state index in [1.807, 2.05) is 0 Å². The number of nitro benzene ring substituents is 1. The van der Waals surface area contributed by atoms with Crippen molar-refractivity contribution < 1.29 is 33.5 Å². The predicted octanol–water partition coefficient (Wildman–Crippen LogP) is 2.37. The van der Waals surface area contributed by atoms with E-state index in [1.54, 1.807) is 13.8 Å². The summed E-state index contributed by atoms with van der Waals surface area (Å²) in [5.74, 6) is -2.01. The number of aryl methyl sites for hydroxylation is 1. The second-order valence-electron chi connectivity index (χ2n) is 5.76. The summed E-state index contributed by atoms with van der Waals surface area (Å²) < 4.78 is 14.5. The highest BCUT2D eigenvalue weighted by Crippen LogP contribution is 2.28. The van der Waals surface area contributed by atoms with Gasteiger partial charge in [-0.2, -0.15) is 0 Å². The molecule has 0 radical (unpaired) electrons. The molecule has 148 valence electrons. The molecule has 0 amide bonds. The van der Waals surface area contributed by atoms with Crippen molar-refractivity contribution in [3.63, 3.8) is 0 Å². The van der Waals surface area contributed by atoms with Gasteiger partial charge in [-0.15, -0.1) is 0 Å². The van der Waals surface area contributed by atoms with Crippen molar-refractivity contribution in [2.24, 2.45) is 0 Å². The maximum Gasteiger partial charge on any atom is 0.339 e. The van der Waals surface area contributed by atoms with Crippen LogP contribution in [0.5, 0.6) is 5.75 Å². The van der Waals surface area contributed by atoms with Crippen LogP contribution in [0.15, 0.2) is 18.2 Å². The Morgan fingerprint density at radius 2 is 1.75 bits per heavy atom. The Hall–Kier alpha value is -3.69. The molecule has 0 aliphatic rings. The number of nitrogens with one attached hydrogen (secondary N) is 1. The van der Waals surface area contributed by atoms with Gasteiger partial charge < -0.3 is 19.2 Å². The first kappa shape index (κ1) is 20.6. The third-order valence-electron chi connectivity index (χ3n) is 4.04. The Morgan fingerprint density at radius 1 is 1.11 bits per heavy atom. The smallest absolute Gasteiger partial charge is 0.339 e. The molecule has 0 saturated carbocycles. The van der Waals surface area contributed by atoms with Crippen LogP contribution in [0.25, 0.3) is 0 Å². The molecular weight excluding hydrogens is 372 g/mol. The third-order valence-corrected chi connectivity index (χ3v) is 4.04. The first-order valence-corrected chi connectivity index (χ1v) is 8.01. The topological polar surface area (TPSA) is 138 Å². The monoisotopic (exact) mass is 390 g/mol. The number of carbonyl (C=O) groups is 3. The highest BCUT2D eigenvalue weighted by atomic mass is 16.6. The Kier molecular flexibility index (Phi) is 6.14. The minimum Gasteiger partial charge on any atom is -0.478 e. The number of nitro groups is 1. The first-order valence-electron chi connectivity index (χ1n) is 8.01. The molecule has 1 N–H and O–H groups in total. The van der Waals surface area contributed by atoms with E-state index in [2.05, 4.69) is 14.5 Å². The Balaban J connectivity index is 2.25. The Bertz CT molecular complexity index is 961. The van der Waals surface area contributed by atoms with Crippen molar-refractivity contribution in [2.45, 2.75) is 13.8 Å².